The monoisotopic (exact) mass is 968 g/mol. The van der Waals surface area contributed by atoms with Crippen LogP contribution in [0.5, 0.6) is 0 Å². The van der Waals surface area contributed by atoms with Crippen molar-refractivity contribution < 1.29 is 44.6 Å². The number of carboxylic acids is 1. The van der Waals surface area contributed by atoms with Crippen molar-refractivity contribution in [3.8, 4) is 11.1 Å². The summed E-state index contributed by atoms with van der Waals surface area (Å²) in [6.07, 6.45) is 3.25. The van der Waals surface area contributed by atoms with Gasteiger partial charge in [-0.25, -0.2) is 14.2 Å². The molecule has 0 bridgehead atoms. The highest BCUT2D eigenvalue weighted by molar-refractivity contribution is 9.10. The summed E-state index contributed by atoms with van der Waals surface area (Å²) in [6, 6.07) is 10.2. The molecule has 0 unspecified atom stereocenters. The van der Waals surface area contributed by atoms with Gasteiger partial charge >= 0.3 is 5.97 Å². The molecule has 3 aliphatic heterocycles. The summed E-state index contributed by atoms with van der Waals surface area (Å²) in [5, 5.41) is 42.0. The van der Waals surface area contributed by atoms with Crippen molar-refractivity contribution in [2.75, 3.05) is 102 Å². The summed E-state index contributed by atoms with van der Waals surface area (Å²) >= 11 is 15.5. The fraction of sp³-hybridized carbons (Fsp3) is 0.450. The number of aliphatic carboxylic acids is 1. The highest BCUT2D eigenvalue weighted by Gasteiger charge is 2.25. The Bertz CT molecular complexity index is 2150. The Balaban J connectivity index is 0.000000288. The summed E-state index contributed by atoms with van der Waals surface area (Å²) in [7, 11) is 0. The third kappa shape index (κ3) is 13.8. The minimum Gasteiger partial charge on any atom is -0.480 e. The number of hydrogen-bond donors (Lipinski definition) is 5. The van der Waals surface area contributed by atoms with Crippen LogP contribution in [0.1, 0.15) is 15.9 Å². The molecule has 7 N–H and O–H groups in total. The number of ether oxygens (including phenoxy) is 3. The molecule has 3 aliphatic rings. The van der Waals surface area contributed by atoms with Gasteiger partial charge in [-0.1, -0.05) is 53.5 Å². The van der Waals surface area contributed by atoms with Crippen LogP contribution in [0.15, 0.2) is 68.9 Å². The zero-order chi connectivity index (χ0) is 43.7. The summed E-state index contributed by atoms with van der Waals surface area (Å²) in [5.41, 5.74) is 2.56. The SMILES string of the molecule is C1COCCN1.O.O=C(N[C@@H](Cc1ccc(-c2c(N3CCOCC3)cnn(CCO)c2=O)cc1)C(=O)O)c1c(Cl)cccc1Cl.O=c1c(Br)c(N2CCOCC2)cnn1CCO. The molecule has 2 aromatic carbocycles. The molecule has 0 radical (unpaired) electrons. The van der Waals surface area contributed by atoms with Crippen molar-refractivity contribution in [2.45, 2.75) is 25.6 Å². The summed E-state index contributed by atoms with van der Waals surface area (Å²) < 4.78 is 18.6. The maximum Gasteiger partial charge on any atom is 0.326 e. The van der Waals surface area contributed by atoms with Gasteiger partial charge in [-0.05, 0) is 39.2 Å². The summed E-state index contributed by atoms with van der Waals surface area (Å²) in [5.74, 6) is -1.91. The molecule has 2 aromatic heterocycles. The highest BCUT2D eigenvalue weighted by atomic mass is 79.9. The molecular weight excluding hydrogens is 919 g/mol. The van der Waals surface area contributed by atoms with Gasteiger partial charge in [0.25, 0.3) is 17.0 Å². The Hall–Kier alpha value is -4.48. The van der Waals surface area contributed by atoms with Crippen LogP contribution in [-0.4, -0.2) is 150 Å². The molecule has 0 spiro atoms. The number of carboxylic acid groups (broad SMARTS) is 1. The van der Waals surface area contributed by atoms with Crippen LogP contribution in [-0.2, 0) is 38.5 Å². The number of rotatable bonds is 12. The Morgan fingerprint density at radius 3 is 1.76 bits per heavy atom. The maximum absolute atomic E-state index is 13.3. The number of anilines is 2. The van der Waals surface area contributed by atoms with Gasteiger partial charge in [-0.15, -0.1) is 0 Å². The number of hydrogen-bond acceptors (Lipinski definition) is 14. The van der Waals surface area contributed by atoms with E-state index in [1.54, 1.807) is 42.7 Å². The lowest BCUT2D eigenvalue weighted by atomic mass is 10.00. The third-order valence-electron chi connectivity index (χ3n) is 9.64. The van der Waals surface area contributed by atoms with E-state index in [4.69, 9.17) is 42.5 Å². The maximum atomic E-state index is 13.3. The minimum absolute atomic E-state index is 0. The van der Waals surface area contributed by atoms with Crippen LogP contribution in [0.25, 0.3) is 11.1 Å². The number of aliphatic hydroxyl groups is 2. The molecule has 3 fully saturated rings. The number of aliphatic hydroxyl groups excluding tert-OH is 2. The van der Waals surface area contributed by atoms with Crippen molar-refractivity contribution >= 4 is 62.4 Å². The molecule has 4 aromatic rings. The lowest BCUT2D eigenvalue weighted by Gasteiger charge is -2.30. The van der Waals surface area contributed by atoms with E-state index in [-0.39, 0.29) is 64.9 Å². The van der Waals surface area contributed by atoms with E-state index in [1.807, 2.05) is 4.90 Å². The van der Waals surface area contributed by atoms with E-state index >= 15 is 0 Å². The fourth-order valence-corrected chi connectivity index (χ4v) is 7.62. The molecule has 5 heterocycles. The first kappa shape index (κ1) is 50.2. The molecule has 0 saturated carbocycles. The van der Waals surface area contributed by atoms with Gasteiger partial charge in [0.15, 0.2) is 0 Å². The van der Waals surface area contributed by atoms with Gasteiger partial charge in [-0.3, -0.25) is 14.4 Å². The van der Waals surface area contributed by atoms with E-state index in [0.717, 1.165) is 45.1 Å². The summed E-state index contributed by atoms with van der Waals surface area (Å²) in [4.78, 5) is 53.9. The van der Waals surface area contributed by atoms with E-state index < -0.39 is 17.9 Å². The molecule has 22 heteroatoms. The highest BCUT2D eigenvalue weighted by Crippen LogP contribution is 2.29. The normalized spacial score (nSPS) is 15.5. The third-order valence-corrected chi connectivity index (χ3v) is 11.0. The number of nitrogens with zero attached hydrogens (tertiary/aromatic N) is 6. The molecule has 338 valence electrons. The van der Waals surface area contributed by atoms with Gasteiger partial charge in [0, 0.05) is 45.7 Å². The van der Waals surface area contributed by atoms with E-state index in [0.29, 0.717) is 66.4 Å². The van der Waals surface area contributed by atoms with Crippen LogP contribution in [0.3, 0.4) is 0 Å². The number of morpholine rings is 3. The van der Waals surface area contributed by atoms with Crippen molar-refractivity contribution in [3.63, 3.8) is 0 Å². The molecule has 1 atom stereocenters. The Morgan fingerprint density at radius 2 is 1.27 bits per heavy atom. The van der Waals surface area contributed by atoms with Crippen molar-refractivity contribution in [3.05, 3.63) is 101 Å². The van der Waals surface area contributed by atoms with E-state index in [2.05, 4.69) is 41.7 Å². The summed E-state index contributed by atoms with van der Waals surface area (Å²) in [6.45, 7) is 8.85. The Kier molecular flexibility index (Phi) is 20.7. The number of carbonyl (C=O) groups is 2. The Morgan fingerprint density at radius 1 is 0.774 bits per heavy atom. The van der Waals surface area contributed by atoms with Gasteiger partial charge in [0.2, 0.25) is 0 Å². The molecular formula is C40H51BrCl2N8O11. The Labute approximate surface area is 375 Å². The van der Waals surface area contributed by atoms with Crippen molar-refractivity contribution in [1.29, 1.82) is 0 Å². The number of carbonyl (C=O) groups excluding carboxylic acids is 1. The first-order chi connectivity index (χ1) is 29.5. The van der Waals surface area contributed by atoms with Crippen LogP contribution in [0.2, 0.25) is 10.0 Å². The molecule has 7 rings (SSSR count). The standard InChI is InChI=1S/C26H26Cl2N4O6.C10H14BrN3O3.C4H9NO.H2O/c27-18-2-1-3-19(28)23(18)24(34)30-20(26(36)37)14-16-4-6-17(7-5-16)22-21(31-9-12-38-13-10-31)15-29-32(8-11-33)25(22)35;11-9-8(13-2-5-17-6-3-13)7-12-14(1-4-15)10(9)16;1-3-6-4-2-5-1;/h1-7,15,20,33H,8-14H2,(H,30,34)(H,36,37);7,15H,1-6H2;5H,1-4H2;1H2/t20-;;;/m0.../s1. The molecule has 3 saturated heterocycles. The first-order valence-corrected chi connectivity index (χ1v) is 21.2. The largest absolute Gasteiger partial charge is 0.480 e. The van der Waals surface area contributed by atoms with Gasteiger partial charge in [0.1, 0.15) is 10.5 Å². The van der Waals surface area contributed by atoms with Gasteiger partial charge in [0.05, 0.1) is 111 Å². The number of nitrogens with one attached hydrogen (secondary N) is 2. The second-order valence-corrected chi connectivity index (χ2v) is 15.3. The second kappa shape index (κ2) is 25.6. The lowest BCUT2D eigenvalue weighted by Crippen LogP contribution is -2.42. The second-order valence-electron chi connectivity index (χ2n) is 13.7. The van der Waals surface area contributed by atoms with Gasteiger partial charge in [-0.2, -0.15) is 10.2 Å². The van der Waals surface area contributed by atoms with E-state index in [1.165, 1.54) is 21.5 Å². The van der Waals surface area contributed by atoms with E-state index in [9.17, 15) is 29.4 Å². The number of benzene rings is 2. The quantitative estimate of drug-likeness (QED) is 0.133. The van der Waals surface area contributed by atoms with Crippen LogP contribution in [0, 0.1) is 0 Å². The average Bonchev–Trinajstić information content (AvgIpc) is 3.28. The first-order valence-electron chi connectivity index (χ1n) is 19.6. The molecule has 62 heavy (non-hydrogen) atoms. The average molecular weight is 971 g/mol. The topological polar surface area (TPSA) is 254 Å². The number of halogens is 3. The molecule has 19 nitrogen and oxygen atoms in total. The number of amides is 1. The molecule has 0 aliphatic carbocycles. The van der Waals surface area contributed by atoms with Crippen molar-refractivity contribution in [1.82, 2.24) is 30.2 Å². The van der Waals surface area contributed by atoms with Crippen LogP contribution in [0.4, 0.5) is 11.4 Å². The van der Waals surface area contributed by atoms with Crippen LogP contribution >= 0.6 is 39.1 Å². The predicted molar refractivity (Wildman–Crippen MR) is 237 cm³/mol. The predicted octanol–water partition coefficient (Wildman–Crippen LogP) is 1.09. The smallest absolute Gasteiger partial charge is 0.326 e. The fourth-order valence-electron chi connectivity index (χ4n) is 6.49. The van der Waals surface area contributed by atoms with Gasteiger partial charge < -0.3 is 55.4 Å². The minimum atomic E-state index is -1.24. The molecule has 1 amide bonds. The zero-order valence-corrected chi connectivity index (χ0v) is 36.9. The lowest BCUT2D eigenvalue weighted by molar-refractivity contribution is -0.139. The number of aromatic nitrogens is 4. The van der Waals surface area contributed by atoms with Crippen LogP contribution < -0.4 is 31.6 Å². The zero-order valence-electron chi connectivity index (χ0n) is 33.8. The van der Waals surface area contributed by atoms with Crippen molar-refractivity contribution in [2.24, 2.45) is 0 Å².